The van der Waals surface area contributed by atoms with Crippen molar-refractivity contribution in [2.75, 3.05) is 0 Å². The molecule has 0 unspecified atom stereocenters. The number of rotatable bonds is 1. The number of nitrogens with zero attached hydrogens (tertiary/aromatic N) is 1. The predicted octanol–water partition coefficient (Wildman–Crippen LogP) is 1.51. The third kappa shape index (κ3) is 1.12. The summed E-state index contributed by atoms with van der Waals surface area (Å²) in [6.07, 6.45) is 8.01. The number of carboxylic acids is 1. The highest BCUT2D eigenvalue weighted by Gasteiger charge is 2.09. The zero-order chi connectivity index (χ0) is 10.1. The van der Waals surface area contributed by atoms with Gasteiger partial charge in [0.05, 0.1) is 10.9 Å². The van der Waals surface area contributed by atoms with Crippen molar-refractivity contribution in [1.82, 2.24) is 4.98 Å². The molecule has 14 heavy (non-hydrogen) atoms. The van der Waals surface area contributed by atoms with Gasteiger partial charge >= 0.3 is 5.97 Å². The Hall–Kier alpha value is -2.28. The Labute approximate surface area is 79.2 Å². The Kier molecular flexibility index (Phi) is 1.72. The van der Waals surface area contributed by atoms with Crippen molar-refractivity contribution in [1.29, 1.82) is 0 Å². The van der Waals surface area contributed by atoms with Crippen LogP contribution in [0.2, 0.25) is 0 Å². The fourth-order valence-electron chi connectivity index (χ4n) is 1.15. The minimum Gasteiger partial charge on any atom is -0.477 e. The number of pyridine rings is 1. The first kappa shape index (κ1) is 8.32. The molecule has 2 rings (SSSR count). The molecule has 1 N–H and O–H groups in total. The van der Waals surface area contributed by atoms with E-state index < -0.39 is 5.97 Å². The summed E-state index contributed by atoms with van der Waals surface area (Å²) >= 11 is 0. The van der Waals surface area contributed by atoms with Crippen LogP contribution < -0.4 is 0 Å². The molecule has 0 amide bonds. The standard InChI is InChI=1S/C10H5NO3/c1-2-6-5-14-9-3-8(10(12)13)11-4-7(6)9/h1,3-5H,(H,12,13). The van der Waals surface area contributed by atoms with Crippen LogP contribution in [0, 0.1) is 12.3 Å². The zero-order valence-electron chi connectivity index (χ0n) is 7.02. The molecule has 0 fully saturated rings. The number of hydrogen-bond donors (Lipinski definition) is 1. The number of furan rings is 1. The summed E-state index contributed by atoms with van der Waals surface area (Å²) in [7, 11) is 0. The van der Waals surface area contributed by atoms with Crippen molar-refractivity contribution in [3.63, 3.8) is 0 Å². The Morgan fingerprint density at radius 3 is 3.07 bits per heavy atom. The van der Waals surface area contributed by atoms with Gasteiger partial charge in [0.1, 0.15) is 11.8 Å². The number of terminal acetylenes is 1. The highest BCUT2D eigenvalue weighted by molar-refractivity contribution is 5.91. The highest BCUT2D eigenvalue weighted by atomic mass is 16.4. The molecule has 68 valence electrons. The van der Waals surface area contributed by atoms with Crippen molar-refractivity contribution in [3.05, 3.63) is 29.8 Å². The molecule has 0 aliphatic rings. The van der Waals surface area contributed by atoms with Crippen LogP contribution in [0.5, 0.6) is 0 Å². The molecular formula is C10H5NO3. The summed E-state index contributed by atoms with van der Waals surface area (Å²) in [6.45, 7) is 0. The number of aromatic nitrogens is 1. The number of carboxylic acid groups (broad SMARTS) is 1. The third-order valence-electron chi connectivity index (χ3n) is 1.83. The number of hydrogen-bond acceptors (Lipinski definition) is 3. The molecule has 0 saturated heterocycles. The van der Waals surface area contributed by atoms with Crippen molar-refractivity contribution in [2.24, 2.45) is 0 Å². The average Bonchev–Trinajstić information content (AvgIpc) is 2.59. The van der Waals surface area contributed by atoms with Crippen LogP contribution in [0.15, 0.2) is 22.9 Å². The minimum absolute atomic E-state index is 0.0598. The largest absolute Gasteiger partial charge is 0.477 e. The Bertz CT molecular complexity index is 548. The fourth-order valence-corrected chi connectivity index (χ4v) is 1.15. The maximum atomic E-state index is 10.6. The zero-order valence-corrected chi connectivity index (χ0v) is 7.02. The molecule has 0 aliphatic carbocycles. The van der Waals surface area contributed by atoms with Gasteiger partial charge in [0.25, 0.3) is 0 Å². The molecule has 4 nitrogen and oxygen atoms in total. The summed E-state index contributed by atoms with van der Waals surface area (Å²) in [4.78, 5) is 14.3. The number of aromatic carboxylic acids is 1. The minimum atomic E-state index is -1.09. The van der Waals surface area contributed by atoms with Gasteiger partial charge in [-0.2, -0.15) is 0 Å². The second-order valence-electron chi connectivity index (χ2n) is 2.66. The summed E-state index contributed by atoms with van der Waals surface area (Å²) in [6, 6.07) is 1.35. The molecule has 0 bridgehead atoms. The first-order chi connectivity index (χ1) is 6.72. The molecule has 0 spiro atoms. The molecule has 0 atom stereocenters. The second-order valence-corrected chi connectivity index (χ2v) is 2.66. The lowest BCUT2D eigenvalue weighted by molar-refractivity contribution is 0.0690. The molecule has 0 aliphatic heterocycles. The fraction of sp³-hybridized carbons (Fsp3) is 0. The molecule has 4 heteroatoms. The Balaban J connectivity index is 2.70. The van der Waals surface area contributed by atoms with Crippen LogP contribution in [0.25, 0.3) is 11.0 Å². The van der Waals surface area contributed by atoms with E-state index in [1.54, 1.807) is 0 Å². The van der Waals surface area contributed by atoms with E-state index in [0.29, 0.717) is 16.5 Å². The van der Waals surface area contributed by atoms with Crippen molar-refractivity contribution in [2.45, 2.75) is 0 Å². The van der Waals surface area contributed by atoms with Crippen molar-refractivity contribution >= 4 is 16.9 Å². The smallest absolute Gasteiger partial charge is 0.354 e. The summed E-state index contributed by atoms with van der Waals surface area (Å²) in [5.74, 6) is 1.33. The SMILES string of the molecule is C#Cc1coc2cc(C(=O)O)ncc12. The van der Waals surface area contributed by atoms with E-state index in [0.717, 1.165) is 0 Å². The Morgan fingerprint density at radius 1 is 1.64 bits per heavy atom. The van der Waals surface area contributed by atoms with Gasteiger partial charge < -0.3 is 9.52 Å². The van der Waals surface area contributed by atoms with Crippen LogP contribution in [0.4, 0.5) is 0 Å². The van der Waals surface area contributed by atoms with Crippen molar-refractivity contribution < 1.29 is 14.3 Å². The summed E-state index contributed by atoms with van der Waals surface area (Å²) in [5.41, 5.74) is 0.949. The van der Waals surface area contributed by atoms with E-state index in [1.165, 1.54) is 18.5 Å². The van der Waals surface area contributed by atoms with Gasteiger partial charge in [0, 0.05) is 12.3 Å². The third-order valence-corrected chi connectivity index (χ3v) is 1.83. The van der Waals surface area contributed by atoms with Crippen molar-refractivity contribution in [3.8, 4) is 12.3 Å². The maximum Gasteiger partial charge on any atom is 0.354 e. The summed E-state index contributed by atoms with van der Waals surface area (Å²) in [5, 5.41) is 9.31. The Morgan fingerprint density at radius 2 is 2.43 bits per heavy atom. The molecule has 0 saturated carbocycles. The molecule has 0 radical (unpaired) electrons. The number of fused-ring (bicyclic) bond motifs is 1. The topological polar surface area (TPSA) is 63.3 Å². The lowest BCUT2D eigenvalue weighted by Gasteiger charge is -1.92. The van der Waals surface area contributed by atoms with E-state index in [4.69, 9.17) is 15.9 Å². The van der Waals surface area contributed by atoms with Crippen LogP contribution in [-0.2, 0) is 0 Å². The van der Waals surface area contributed by atoms with Crippen LogP contribution in [-0.4, -0.2) is 16.1 Å². The van der Waals surface area contributed by atoms with Gasteiger partial charge in [-0.05, 0) is 0 Å². The molecular weight excluding hydrogens is 182 g/mol. The van der Waals surface area contributed by atoms with Gasteiger partial charge in [-0.15, -0.1) is 6.42 Å². The number of carbonyl (C=O) groups is 1. The monoisotopic (exact) mass is 187 g/mol. The molecule has 2 heterocycles. The molecule has 0 aromatic carbocycles. The second kappa shape index (κ2) is 2.89. The van der Waals surface area contributed by atoms with Crippen LogP contribution >= 0.6 is 0 Å². The van der Waals surface area contributed by atoms with E-state index in [-0.39, 0.29) is 5.69 Å². The van der Waals surface area contributed by atoms with E-state index in [1.807, 2.05) is 0 Å². The van der Waals surface area contributed by atoms with Gasteiger partial charge in [-0.25, -0.2) is 9.78 Å². The maximum absolute atomic E-state index is 10.6. The van der Waals surface area contributed by atoms with Gasteiger partial charge in [0.2, 0.25) is 0 Å². The average molecular weight is 187 g/mol. The lowest BCUT2D eigenvalue weighted by Crippen LogP contribution is -1.98. The van der Waals surface area contributed by atoms with E-state index in [9.17, 15) is 4.79 Å². The predicted molar refractivity (Wildman–Crippen MR) is 48.9 cm³/mol. The first-order valence-electron chi connectivity index (χ1n) is 3.79. The lowest BCUT2D eigenvalue weighted by atomic mass is 10.2. The quantitative estimate of drug-likeness (QED) is 0.687. The molecule has 2 aromatic rings. The molecule has 2 aromatic heterocycles. The highest BCUT2D eigenvalue weighted by Crippen LogP contribution is 2.19. The van der Waals surface area contributed by atoms with Gasteiger partial charge in [-0.1, -0.05) is 5.92 Å². The normalized spacial score (nSPS) is 9.93. The summed E-state index contributed by atoms with van der Waals surface area (Å²) < 4.78 is 5.08. The van der Waals surface area contributed by atoms with Crippen LogP contribution in [0.1, 0.15) is 16.1 Å². The van der Waals surface area contributed by atoms with E-state index >= 15 is 0 Å². The van der Waals surface area contributed by atoms with Crippen LogP contribution in [0.3, 0.4) is 0 Å². The first-order valence-corrected chi connectivity index (χ1v) is 3.79. The van der Waals surface area contributed by atoms with Gasteiger partial charge in [-0.3, -0.25) is 0 Å². The van der Waals surface area contributed by atoms with E-state index in [2.05, 4.69) is 10.9 Å². The van der Waals surface area contributed by atoms with Gasteiger partial charge in [0.15, 0.2) is 5.69 Å².